The van der Waals surface area contributed by atoms with Crippen LogP contribution in [-0.2, 0) is 5.41 Å². The second-order valence-electron chi connectivity index (χ2n) is 17.8. The summed E-state index contributed by atoms with van der Waals surface area (Å²) in [5.41, 5.74) is 19.5. The zero-order chi connectivity index (χ0) is 43.2. The SMILES string of the molecule is CC1(C)c2ccccc2-c2ccc(-c3cc(-c4ccc(-n5c6ccccc6c6cc(-c7ccc8c(c7)c7ccccc7n8-c7ccccc7)ccc65)cc4)nc(-c4ccccc4)n3)cc21. The first-order chi connectivity index (χ1) is 32.0. The number of fused-ring (bicyclic) bond motifs is 9. The summed E-state index contributed by atoms with van der Waals surface area (Å²) in [7, 11) is 0. The van der Waals surface area contributed by atoms with Gasteiger partial charge < -0.3 is 9.13 Å². The van der Waals surface area contributed by atoms with E-state index in [1.54, 1.807) is 0 Å². The van der Waals surface area contributed by atoms with Crippen LogP contribution < -0.4 is 0 Å². The molecular weight excluding hydrogens is 789 g/mol. The number of para-hydroxylation sites is 3. The maximum atomic E-state index is 5.20. The van der Waals surface area contributed by atoms with Crippen LogP contribution in [0.4, 0.5) is 0 Å². The van der Waals surface area contributed by atoms with Crippen LogP contribution in [0.2, 0.25) is 0 Å². The Balaban J connectivity index is 0.895. The van der Waals surface area contributed by atoms with Gasteiger partial charge in [-0.2, -0.15) is 0 Å². The van der Waals surface area contributed by atoms with Gasteiger partial charge in [0.05, 0.1) is 33.5 Å². The van der Waals surface area contributed by atoms with Crippen LogP contribution in [0, 0.1) is 0 Å². The van der Waals surface area contributed by atoms with Crippen molar-refractivity contribution in [2.24, 2.45) is 0 Å². The summed E-state index contributed by atoms with van der Waals surface area (Å²) < 4.78 is 4.76. The van der Waals surface area contributed by atoms with Crippen molar-refractivity contribution in [3.8, 4) is 67.5 Å². The zero-order valence-electron chi connectivity index (χ0n) is 36.1. The highest BCUT2D eigenvalue weighted by molar-refractivity contribution is 6.12. The normalized spacial score (nSPS) is 12.9. The van der Waals surface area contributed by atoms with Gasteiger partial charge in [-0.1, -0.05) is 159 Å². The zero-order valence-corrected chi connectivity index (χ0v) is 36.1. The van der Waals surface area contributed by atoms with Crippen molar-refractivity contribution in [3.63, 3.8) is 0 Å². The van der Waals surface area contributed by atoms with Gasteiger partial charge in [0, 0.05) is 55.0 Å². The lowest BCUT2D eigenvalue weighted by atomic mass is 9.82. The Morgan fingerprint density at radius 1 is 0.323 bits per heavy atom. The average Bonchev–Trinajstić information content (AvgIpc) is 3.96. The minimum atomic E-state index is -0.107. The van der Waals surface area contributed by atoms with Crippen molar-refractivity contribution in [1.29, 1.82) is 0 Å². The highest BCUT2D eigenvalue weighted by atomic mass is 15.0. The molecule has 4 heteroatoms. The van der Waals surface area contributed by atoms with E-state index in [1.807, 2.05) is 18.2 Å². The van der Waals surface area contributed by atoms with E-state index in [4.69, 9.17) is 9.97 Å². The molecule has 306 valence electrons. The minimum Gasteiger partial charge on any atom is -0.309 e. The lowest BCUT2D eigenvalue weighted by Crippen LogP contribution is -2.14. The fraction of sp³-hybridized carbons (Fsp3) is 0.0492. The smallest absolute Gasteiger partial charge is 0.160 e. The van der Waals surface area contributed by atoms with E-state index in [-0.39, 0.29) is 5.41 Å². The Bertz CT molecular complexity index is 3840. The van der Waals surface area contributed by atoms with Gasteiger partial charge in [-0.15, -0.1) is 0 Å². The van der Waals surface area contributed by atoms with Crippen molar-refractivity contribution >= 4 is 43.6 Å². The Kier molecular flexibility index (Phi) is 8.22. The Labute approximate surface area is 377 Å². The van der Waals surface area contributed by atoms with Crippen molar-refractivity contribution in [1.82, 2.24) is 19.1 Å². The summed E-state index contributed by atoms with van der Waals surface area (Å²) >= 11 is 0. The molecule has 12 aromatic rings. The molecule has 0 aliphatic heterocycles. The third-order valence-electron chi connectivity index (χ3n) is 13.8. The van der Waals surface area contributed by atoms with Crippen molar-refractivity contribution in [3.05, 3.63) is 230 Å². The summed E-state index contributed by atoms with van der Waals surface area (Å²) in [4.78, 5) is 10.4. The molecule has 3 heterocycles. The summed E-state index contributed by atoms with van der Waals surface area (Å²) in [6.07, 6.45) is 0. The topological polar surface area (TPSA) is 35.6 Å². The van der Waals surface area contributed by atoms with Gasteiger partial charge in [0.2, 0.25) is 0 Å². The Morgan fingerprint density at radius 3 is 1.45 bits per heavy atom. The summed E-state index contributed by atoms with van der Waals surface area (Å²) in [5.74, 6) is 0.713. The molecule has 9 aromatic carbocycles. The molecule has 0 fully saturated rings. The minimum absolute atomic E-state index is 0.107. The highest BCUT2D eigenvalue weighted by Crippen LogP contribution is 2.49. The van der Waals surface area contributed by atoms with Gasteiger partial charge >= 0.3 is 0 Å². The number of aromatic nitrogens is 4. The molecule has 3 aromatic heterocycles. The highest BCUT2D eigenvalue weighted by Gasteiger charge is 2.35. The quantitative estimate of drug-likeness (QED) is 0.167. The third kappa shape index (κ3) is 5.84. The molecule has 0 amide bonds. The van der Waals surface area contributed by atoms with Gasteiger partial charge in [0.1, 0.15) is 0 Å². The van der Waals surface area contributed by atoms with Crippen molar-refractivity contribution < 1.29 is 0 Å². The summed E-state index contributed by atoms with van der Waals surface area (Å²) in [5, 5.41) is 4.95. The number of hydrogen-bond acceptors (Lipinski definition) is 2. The molecule has 1 aliphatic rings. The van der Waals surface area contributed by atoms with Crippen LogP contribution in [0.25, 0.3) is 111 Å². The van der Waals surface area contributed by atoms with E-state index in [1.165, 1.54) is 82.7 Å². The first kappa shape index (κ1) is 37.2. The van der Waals surface area contributed by atoms with Crippen molar-refractivity contribution in [2.45, 2.75) is 19.3 Å². The first-order valence-corrected chi connectivity index (χ1v) is 22.4. The monoisotopic (exact) mass is 830 g/mol. The molecule has 0 spiro atoms. The van der Waals surface area contributed by atoms with Gasteiger partial charge in [-0.05, 0) is 106 Å². The second kappa shape index (κ2) is 14.3. The van der Waals surface area contributed by atoms with Crippen LogP contribution >= 0.6 is 0 Å². The predicted octanol–water partition coefficient (Wildman–Crippen LogP) is 15.6. The molecule has 0 radical (unpaired) electrons. The lowest BCUT2D eigenvalue weighted by molar-refractivity contribution is 0.660. The van der Waals surface area contributed by atoms with Gasteiger partial charge in [0.15, 0.2) is 5.82 Å². The van der Waals surface area contributed by atoms with Gasteiger partial charge in [-0.3, -0.25) is 0 Å². The average molecular weight is 831 g/mol. The summed E-state index contributed by atoms with van der Waals surface area (Å²) in [6, 6.07) is 78.9. The van der Waals surface area contributed by atoms with Crippen LogP contribution in [0.3, 0.4) is 0 Å². The maximum Gasteiger partial charge on any atom is 0.160 e. The molecule has 13 rings (SSSR count). The van der Waals surface area contributed by atoms with Crippen LogP contribution in [-0.4, -0.2) is 19.1 Å². The van der Waals surface area contributed by atoms with Crippen LogP contribution in [0.5, 0.6) is 0 Å². The fourth-order valence-corrected chi connectivity index (χ4v) is 10.5. The molecule has 0 atom stereocenters. The van der Waals surface area contributed by atoms with E-state index in [0.29, 0.717) is 5.82 Å². The number of hydrogen-bond donors (Lipinski definition) is 0. The third-order valence-corrected chi connectivity index (χ3v) is 13.8. The molecule has 0 N–H and O–H groups in total. The Morgan fingerprint density at radius 2 is 0.800 bits per heavy atom. The second-order valence-corrected chi connectivity index (χ2v) is 17.8. The van der Waals surface area contributed by atoms with E-state index in [2.05, 4.69) is 223 Å². The Hall–Kier alpha value is -8.34. The standard InChI is InChI=1S/C61H42N4/c1-61(2)52-22-12-9-19-46(52)47-32-27-43(37-53(47)61)55-38-54(62-60(63-55)40-15-5-3-6-16-40)39-25-30-45(31-26-39)65-57-24-14-11-21-49(57)51-36-42(29-34-59(51)65)41-28-33-58-50(35-41)48-20-10-13-23-56(48)64(58)44-17-7-4-8-18-44/h3-38H,1-2H3. The molecule has 0 bridgehead atoms. The maximum absolute atomic E-state index is 5.20. The van der Waals surface area contributed by atoms with Crippen molar-refractivity contribution in [2.75, 3.05) is 0 Å². The number of nitrogens with zero attached hydrogens (tertiary/aromatic N) is 4. The predicted molar refractivity (Wildman–Crippen MR) is 270 cm³/mol. The molecule has 0 saturated heterocycles. The first-order valence-electron chi connectivity index (χ1n) is 22.4. The van der Waals surface area contributed by atoms with Crippen LogP contribution in [0.15, 0.2) is 218 Å². The summed E-state index contributed by atoms with van der Waals surface area (Å²) in [6.45, 7) is 4.65. The van der Waals surface area contributed by atoms with E-state index >= 15 is 0 Å². The molecule has 0 unspecified atom stereocenters. The van der Waals surface area contributed by atoms with Gasteiger partial charge in [0.25, 0.3) is 0 Å². The van der Waals surface area contributed by atoms with Gasteiger partial charge in [-0.25, -0.2) is 9.97 Å². The van der Waals surface area contributed by atoms with Crippen LogP contribution in [0.1, 0.15) is 25.0 Å². The lowest BCUT2D eigenvalue weighted by Gasteiger charge is -2.22. The van der Waals surface area contributed by atoms with E-state index < -0.39 is 0 Å². The van der Waals surface area contributed by atoms with E-state index in [0.717, 1.165) is 33.8 Å². The van der Waals surface area contributed by atoms with E-state index in [9.17, 15) is 0 Å². The fourth-order valence-electron chi connectivity index (χ4n) is 10.5. The molecular formula is C61H42N4. The molecule has 1 aliphatic carbocycles. The number of benzene rings is 9. The number of rotatable bonds is 6. The molecule has 0 saturated carbocycles. The largest absolute Gasteiger partial charge is 0.309 e. The molecule has 65 heavy (non-hydrogen) atoms. The molecule has 4 nitrogen and oxygen atoms in total.